The fourth-order valence-electron chi connectivity index (χ4n) is 2.18. The summed E-state index contributed by atoms with van der Waals surface area (Å²) in [6, 6.07) is 7.68. The smallest absolute Gasteiger partial charge is 0.251 e. The Morgan fingerprint density at radius 3 is 2.85 bits per heavy atom. The first-order chi connectivity index (χ1) is 9.29. The Bertz CT molecular complexity index is 420. The topological polar surface area (TPSA) is 50.4 Å². The van der Waals surface area contributed by atoms with E-state index in [1.54, 1.807) is 0 Å². The monoisotopic (exact) mass is 298 g/mol. The second-order valence-corrected chi connectivity index (χ2v) is 4.87. The zero-order valence-corrected chi connectivity index (χ0v) is 12.7. The first kappa shape index (κ1) is 16.8. The van der Waals surface area contributed by atoms with Crippen LogP contribution in [0.15, 0.2) is 24.3 Å². The van der Waals surface area contributed by atoms with Crippen LogP contribution >= 0.6 is 12.4 Å². The van der Waals surface area contributed by atoms with E-state index in [-0.39, 0.29) is 24.4 Å². The number of piperidine rings is 1. The lowest BCUT2D eigenvalue weighted by molar-refractivity contribution is 0.0929. The SMILES string of the molecule is CCCOc1cccc(C(=O)NC2CCNCC2)c1.Cl. The predicted octanol–water partition coefficient (Wildman–Crippen LogP) is 2.38. The summed E-state index contributed by atoms with van der Waals surface area (Å²) in [5.74, 6) is 0.758. The molecule has 1 aromatic carbocycles. The molecule has 0 unspecified atom stereocenters. The fraction of sp³-hybridized carbons (Fsp3) is 0.533. The Kier molecular flexibility index (Phi) is 7.41. The molecule has 0 radical (unpaired) electrons. The molecule has 1 saturated heterocycles. The van der Waals surface area contributed by atoms with Gasteiger partial charge in [-0.05, 0) is 50.6 Å². The van der Waals surface area contributed by atoms with Gasteiger partial charge in [-0.2, -0.15) is 0 Å². The maximum atomic E-state index is 12.2. The zero-order chi connectivity index (χ0) is 13.5. The van der Waals surface area contributed by atoms with Crippen LogP contribution in [0.1, 0.15) is 36.5 Å². The Morgan fingerprint density at radius 1 is 1.40 bits per heavy atom. The second-order valence-electron chi connectivity index (χ2n) is 4.87. The third kappa shape index (κ3) is 5.02. The summed E-state index contributed by atoms with van der Waals surface area (Å²) in [7, 11) is 0. The summed E-state index contributed by atoms with van der Waals surface area (Å²) in [4.78, 5) is 12.2. The van der Waals surface area contributed by atoms with E-state index < -0.39 is 0 Å². The van der Waals surface area contributed by atoms with Gasteiger partial charge in [0.1, 0.15) is 5.75 Å². The molecular weight excluding hydrogens is 276 g/mol. The third-order valence-electron chi connectivity index (χ3n) is 3.24. The van der Waals surface area contributed by atoms with Crippen LogP contribution in [0.2, 0.25) is 0 Å². The van der Waals surface area contributed by atoms with Gasteiger partial charge in [-0.3, -0.25) is 4.79 Å². The largest absolute Gasteiger partial charge is 0.494 e. The molecule has 2 rings (SSSR count). The van der Waals surface area contributed by atoms with Gasteiger partial charge in [0.2, 0.25) is 0 Å². The summed E-state index contributed by atoms with van der Waals surface area (Å²) >= 11 is 0. The lowest BCUT2D eigenvalue weighted by Gasteiger charge is -2.23. The molecule has 1 aromatic rings. The minimum absolute atomic E-state index is 0. The number of hydrogen-bond donors (Lipinski definition) is 2. The minimum Gasteiger partial charge on any atom is -0.494 e. The average molecular weight is 299 g/mol. The number of nitrogens with one attached hydrogen (secondary N) is 2. The molecule has 2 N–H and O–H groups in total. The minimum atomic E-state index is -0.00570. The van der Waals surface area contributed by atoms with Gasteiger partial charge < -0.3 is 15.4 Å². The number of halogens is 1. The highest BCUT2D eigenvalue weighted by molar-refractivity contribution is 5.94. The molecule has 0 saturated carbocycles. The number of benzene rings is 1. The quantitative estimate of drug-likeness (QED) is 0.877. The second kappa shape index (κ2) is 8.82. The highest BCUT2D eigenvalue weighted by atomic mass is 35.5. The van der Waals surface area contributed by atoms with Crippen molar-refractivity contribution in [1.29, 1.82) is 0 Å². The maximum absolute atomic E-state index is 12.2. The van der Waals surface area contributed by atoms with Crippen LogP contribution in [0.25, 0.3) is 0 Å². The maximum Gasteiger partial charge on any atom is 0.251 e. The normalized spacial score (nSPS) is 15.2. The van der Waals surface area contributed by atoms with Crippen LogP contribution in [0.3, 0.4) is 0 Å². The summed E-state index contributed by atoms with van der Waals surface area (Å²) in [5, 5.41) is 6.37. The van der Waals surface area contributed by atoms with Gasteiger partial charge in [-0.25, -0.2) is 0 Å². The van der Waals surface area contributed by atoms with E-state index >= 15 is 0 Å². The van der Waals surface area contributed by atoms with Gasteiger partial charge in [0, 0.05) is 11.6 Å². The molecule has 1 amide bonds. The lowest BCUT2D eigenvalue weighted by atomic mass is 10.1. The number of rotatable bonds is 5. The van der Waals surface area contributed by atoms with Crippen LogP contribution in [-0.4, -0.2) is 31.6 Å². The van der Waals surface area contributed by atoms with Crippen molar-refractivity contribution < 1.29 is 9.53 Å². The van der Waals surface area contributed by atoms with Crippen molar-refractivity contribution in [3.63, 3.8) is 0 Å². The summed E-state index contributed by atoms with van der Waals surface area (Å²) in [6.45, 7) is 4.70. The highest BCUT2D eigenvalue weighted by Gasteiger charge is 2.16. The molecule has 5 heteroatoms. The van der Waals surface area contributed by atoms with E-state index in [0.717, 1.165) is 38.1 Å². The number of carbonyl (C=O) groups is 1. The van der Waals surface area contributed by atoms with Gasteiger partial charge in [0.15, 0.2) is 0 Å². The van der Waals surface area contributed by atoms with Gasteiger partial charge in [-0.15, -0.1) is 12.4 Å². The molecule has 20 heavy (non-hydrogen) atoms. The van der Waals surface area contributed by atoms with Crippen molar-refractivity contribution in [2.24, 2.45) is 0 Å². The molecule has 1 aliphatic rings. The molecule has 1 aliphatic heterocycles. The van der Waals surface area contributed by atoms with Gasteiger partial charge >= 0.3 is 0 Å². The highest BCUT2D eigenvalue weighted by Crippen LogP contribution is 2.14. The Morgan fingerprint density at radius 2 is 2.15 bits per heavy atom. The third-order valence-corrected chi connectivity index (χ3v) is 3.24. The molecule has 0 aromatic heterocycles. The van der Waals surface area contributed by atoms with E-state index in [1.165, 1.54) is 0 Å². The molecule has 0 bridgehead atoms. The van der Waals surface area contributed by atoms with Gasteiger partial charge in [0.25, 0.3) is 5.91 Å². The molecule has 0 aliphatic carbocycles. The van der Waals surface area contributed by atoms with E-state index in [4.69, 9.17) is 4.74 Å². The van der Waals surface area contributed by atoms with Crippen molar-refractivity contribution >= 4 is 18.3 Å². The molecular formula is C15H23ClN2O2. The van der Waals surface area contributed by atoms with Crippen molar-refractivity contribution in [1.82, 2.24) is 10.6 Å². The number of hydrogen-bond acceptors (Lipinski definition) is 3. The van der Waals surface area contributed by atoms with Gasteiger partial charge in [0.05, 0.1) is 6.61 Å². The van der Waals surface area contributed by atoms with Crippen molar-refractivity contribution in [3.05, 3.63) is 29.8 Å². The van der Waals surface area contributed by atoms with E-state index in [2.05, 4.69) is 17.6 Å². The summed E-state index contributed by atoms with van der Waals surface area (Å²) in [6.07, 6.45) is 2.96. The standard InChI is InChI=1S/C15H22N2O2.ClH/c1-2-10-19-14-5-3-4-12(11-14)15(18)17-13-6-8-16-9-7-13;/h3-5,11,13,16H,2,6-10H2,1H3,(H,17,18);1H. The molecule has 1 heterocycles. The fourth-order valence-corrected chi connectivity index (χ4v) is 2.18. The van der Waals surface area contributed by atoms with Crippen LogP contribution in [0.4, 0.5) is 0 Å². The number of carbonyl (C=O) groups excluding carboxylic acids is 1. The van der Waals surface area contributed by atoms with Crippen LogP contribution in [0, 0.1) is 0 Å². The van der Waals surface area contributed by atoms with Crippen molar-refractivity contribution in [2.75, 3.05) is 19.7 Å². The van der Waals surface area contributed by atoms with Crippen molar-refractivity contribution in [3.8, 4) is 5.75 Å². The molecule has 1 fully saturated rings. The number of ether oxygens (including phenoxy) is 1. The van der Waals surface area contributed by atoms with Crippen LogP contribution in [-0.2, 0) is 0 Å². The first-order valence-electron chi connectivity index (χ1n) is 7.04. The van der Waals surface area contributed by atoms with Crippen LogP contribution < -0.4 is 15.4 Å². The van der Waals surface area contributed by atoms with Crippen LogP contribution in [0.5, 0.6) is 5.75 Å². The average Bonchev–Trinajstić information content (AvgIpc) is 2.46. The zero-order valence-electron chi connectivity index (χ0n) is 11.9. The van der Waals surface area contributed by atoms with E-state index in [0.29, 0.717) is 12.2 Å². The lowest BCUT2D eigenvalue weighted by Crippen LogP contribution is -2.42. The predicted molar refractivity (Wildman–Crippen MR) is 82.8 cm³/mol. The summed E-state index contributed by atoms with van der Waals surface area (Å²) < 4.78 is 5.55. The molecule has 112 valence electrons. The molecule has 0 atom stereocenters. The Hall–Kier alpha value is -1.26. The first-order valence-corrected chi connectivity index (χ1v) is 7.04. The molecule has 4 nitrogen and oxygen atoms in total. The molecule has 0 spiro atoms. The van der Waals surface area contributed by atoms with Gasteiger partial charge in [-0.1, -0.05) is 13.0 Å². The number of amides is 1. The van der Waals surface area contributed by atoms with E-state index in [9.17, 15) is 4.79 Å². The Labute approximate surface area is 126 Å². The summed E-state index contributed by atoms with van der Waals surface area (Å²) in [5.41, 5.74) is 0.673. The Balaban J connectivity index is 0.00000200. The van der Waals surface area contributed by atoms with Crippen molar-refractivity contribution in [2.45, 2.75) is 32.2 Å². The van der Waals surface area contributed by atoms with E-state index in [1.807, 2.05) is 24.3 Å².